The van der Waals surface area contributed by atoms with Crippen molar-refractivity contribution in [3.05, 3.63) is 203 Å². The summed E-state index contributed by atoms with van der Waals surface area (Å²) in [5, 5.41) is 13.5. The number of hydrogen-bond donors (Lipinski definition) is 2. The summed E-state index contributed by atoms with van der Waals surface area (Å²) in [6, 6.07) is 50.0. The Bertz CT molecular complexity index is 4010. The molecule has 20 unspecified atom stereocenters. The van der Waals surface area contributed by atoms with Crippen molar-refractivity contribution in [3.8, 4) is 5.75 Å². The summed E-state index contributed by atoms with van der Waals surface area (Å²) in [7, 11) is 21.6. The van der Waals surface area contributed by atoms with Gasteiger partial charge < -0.3 is 54.2 Å². The first-order chi connectivity index (χ1) is 59.6. The number of aliphatic hydroxyl groups is 1. The Balaban J connectivity index is 0.000000144. The highest BCUT2D eigenvalue weighted by Gasteiger charge is 2.39. The van der Waals surface area contributed by atoms with Crippen LogP contribution in [0.4, 0.5) is 0 Å². The number of carbonyl (C=O) groups is 1. The molecule has 16 heteroatoms. The number of para-hydroxylation sites is 2. The molecule has 124 heavy (non-hydrogen) atoms. The van der Waals surface area contributed by atoms with Gasteiger partial charge in [-0.3, -0.25) is 24.5 Å². The fraction of sp³-hybridized carbons (Fsp3) is 0.648. The van der Waals surface area contributed by atoms with Crippen molar-refractivity contribution in [2.75, 3.05) is 136 Å². The van der Waals surface area contributed by atoms with Crippen LogP contribution in [0.15, 0.2) is 181 Å². The largest absolute Gasteiger partial charge is 0.489 e. The Kier molecular flexibility index (Phi) is 40.8. The van der Waals surface area contributed by atoms with E-state index in [-0.39, 0.29) is 12.0 Å². The van der Waals surface area contributed by atoms with Crippen molar-refractivity contribution < 1.29 is 19.4 Å². The van der Waals surface area contributed by atoms with E-state index in [1.54, 1.807) is 16.0 Å². The lowest BCUT2D eigenvalue weighted by molar-refractivity contribution is -0.127. The number of rotatable bonds is 6. The van der Waals surface area contributed by atoms with E-state index in [9.17, 15) is 4.79 Å². The van der Waals surface area contributed by atoms with Crippen molar-refractivity contribution >= 4 is 16.8 Å². The van der Waals surface area contributed by atoms with Gasteiger partial charge in [0.05, 0.1) is 30.0 Å². The van der Waals surface area contributed by atoms with Gasteiger partial charge in [0.15, 0.2) is 0 Å². The number of β-amino-alcohol motifs (C(OH)–C–C–N with tert-alkyl or cyclic N) is 1. The quantitative estimate of drug-likeness (QED) is 0.157. The van der Waals surface area contributed by atoms with Crippen LogP contribution in [-0.4, -0.2) is 280 Å². The Morgan fingerprint density at radius 2 is 1.10 bits per heavy atom. The molecule has 5 aromatic rings. The first-order valence-electron chi connectivity index (χ1n) is 48.8. The second-order valence-corrected chi connectivity index (χ2v) is 39.9. The van der Waals surface area contributed by atoms with Crippen LogP contribution in [-0.2, 0) is 22.6 Å². The third-order valence-electron chi connectivity index (χ3n) is 31.0. The van der Waals surface area contributed by atoms with Gasteiger partial charge >= 0.3 is 0 Å². The predicted molar refractivity (Wildman–Crippen MR) is 522 cm³/mol. The van der Waals surface area contributed by atoms with Crippen LogP contribution in [0.5, 0.6) is 5.75 Å². The number of likely N-dealkylation sites (tertiary alicyclic amines) is 8. The fourth-order valence-corrected chi connectivity index (χ4v) is 20.6. The number of aliphatic hydroxyl groups excluding tert-OH is 1. The lowest BCUT2D eigenvalue weighted by Crippen LogP contribution is -2.42. The molecule has 9 saturated heterocycles. The summed E-state index contributed by atoms with van der Waals surface area (Å²) in [5.41, 5.74) is 10.1. The number of aromatic nitrogens is 1. The van der Waals surface area contributed by atoms with Crippen LogP contribution < -0.4 is 10.1 Å². The van der Waals surface area contributed by atoms with Gasteiger partial charge in [-0.05, 0) is 313 Å². The third-order valence-corrected chi connectivity index (χ3v) is 31.0. The van der Waals surface area contributed by atoms with Gasteiger partial charge in [0.2, 0.25) is 5.91 Å². The molecule has 15 aliphatic rings. The van der Waals surface area contributed by atoms with E-state index >= 15 is 0 Å². The summed E-state index contributed by atoms with van der Waals surface area (Å²) < 4.78 is 11.7. The molecular formula is C108H170N12O4. The lowest BCUT2D eigenvalue weighted by atomic mass is 9.80. The number of pyridine rings is 1. The number of fused-ring (bicyclic) bond motifs is 6. The number of benzene rings is 4. The van der Waals surface area contributed by atoms with Crippen LogP contribution in [0, 0.1) is 29.6 Å². The van der Waals surface area contributed by atoms with Crippen molar-refractivity contribution in [1.82, 2.24) is 59.3 Å². The molecule has 12 heterocycles. The monoisotopic (exact) mass is 1700 g/mol. The Morgan fingerprint density at radius 1 is 0.468 bits per heavy atom. The van der Waals surface area contributed by atoms with Gasteiger partial charge in [-0.1, -0.05) is 176 Å². The van der Waals surface area contributed by atoms with Crippen molar-refractivity contribution in [3.63, 3.8) is 0 Å². The van der Waals surface area contributed by atoms with Gasteiger partial charge in [-0.15, -0.1) is 0 Å². The molecule has 0 spiro atoms. The molecule has 0 bridgehead atoms. The summed E-state index contributed by atoms with van der Waals surface area (Å²) in [6.07, 6.45) is 43.4. The predicted octanol–water partition coefficient (Wildman–Crippen LogP) is 19.0. The van der Waals surface area contributed by atoms with Crippen LogP contribution in [0.1, 0.15) is 219 Å². The number of likely N-dealkylation sites (N-methyl/N-ethyl adjacent to an activating group) is 5. The zero-order valence-corrected chi connectivity index (χ0v) is 81.0. The highest BCUT2D eigenvalue weighted by atomic mass is 16.5. The zero-order valence-electron chi connectivity index (χ0n) is 81.0. The van der Waals surface area contributed by atoms with Crippen molar-refractivity contribution in [1.29, 1.82) is 0 Å². The normalized spacial score (nSPS) is 32.5. The summed E-state index contributed by atoms with van der Waals surface area (Å²) in [4.78, 5) is 38.8. The third kappa shape index (κ3) is 30.2. The van der Waals surface area contributed by atoms with E-state index in [2.05, 4.69) is 295 Å². The topological polar surface area (TPSA) is 113 Å². The number of ether oxygens (including phenoxy) is 2. The molecule has 10 fully saturated rings. The molecular weight excluding hydrogens is 1530 g/mol. The molecule has 686 valence electrons. The average molecular weight is 1700 g/mol. The van der Waals surface area contributed by atoms with Crippen LogP contribution >= 0.6 is 0 Å². The zero-order chi connectivity index (χ0) is 88.9. The number of nitrogens with zero attached hydrogens (tertiary/aromatic N) is 11. The Morgan fingerprint density at radius 3 is 1.69 bits per heavy atom. The van der Waals surface area contributed by atoms with E-state index in [0.717, 1.165) is 147 Å². The first kappa shape index (κ1) is 99.9. The highest BCUT2D eigenvalue weighted by Crippen LogP contribution is 2.46. The number of allylic oxidation sites excluding steroid dienone is 7. The standard InChI is InChI=1S/C14H16N2O.C14H19N.C12H17NO.C12H17N.C11H17N.C11H15N.C10H19N.C7H15N.C6H13NO.C6H11NO.C5H11N/c1-2-4-14-11(3-1)5-6-12(16-14)10-17-13-7-8-15-9-13;1-10-7-14-12(9-15(10)2)8-11-5-3-4-6-13(11)14;1-10-8-12(9-13(10)2)14-11-6-4-3-5-7-11;1-10-12(8-9-13(10)2)11-6-4-3-5-7-11;1-9-7-10-5-3-4-6-11(10)8-12(9)2;1-9-11-6-4-3-5-10(11)7-8-12(9)2;1-8-7-9-5-3-4-6-10(9)11(8)2;1-7-5-3-4-6-8(7)2;1-5-3-6(8)4-7(5)2;1-5-3-4-6(8)7(5)2;1-5-3-4-6(5)2/h1-6,13,15H,7-10H2;3-6,10-11,13H,7-9H2,1-2H3;3-7,10,12H,8-9H2,1-2H3;3-7,10,12H,8-9H2,1-2H3;3-6,9-11H,7-8H2,1-2H3;3-6,9H,7-8H2,1-2H3;8-10H,3-7H2,1-2H3;7H,3-6H2,1-2H3;5-6,8H,3-4H2,1-2H3;5H,3-4H2,1-2H3;5H,3-4H2,1-2H3. The molecule has 4 aliphatic carbocycles. The SMILES string of the molecule is CC1C(c2ccccc2)CCN1C.CC1CC(O)CN1C.CC1CC(Oc2ccccc2)CN1C.CC1CC2=C(CC3C=CC=CC23)CN1C.CC1CC2C=CC=CC2CN1C.CC1CC2CCCCC2N1C.CC1CCC(=O)N1C.CC1CCCCN1C.CC1CCN1C.CC1c2ccccc2CCN1C.c1ccc2nc(COC3CCNC3)ccc2c1. The maximum Gasteiger partial charge on any atom is 0.222 e. The molecule has 1 aromatic heterocycles. The molecule has 1 saturated carbocycles. The lowest BCUT2D eigenvalue weighted by Gasteiger charge is -2.39. The molecule has 2 N–H and O–H groups in total. The van der Waals surface area contributed by atoms with E-state index in [1.807, 2.05) is 68.7 Å². The minimum absolute atomic E-state index is 0.0741. The molecule has 20 rings (SSSR count). The maximum atomic E-state index is 10.7. The first-order valence-corrected chi connectivity index (χ1v) is 48.8. The van der Waals surface area contributed by atoms with E-state index in [0.29, 0.717) is 49.0 Å². The second-order valence-electron chi connectivity index (χ2n) is 39.9. The van der Waals surface area contributed by atoms with Crippen LogP contribution in [0.3, 0.4) is 0 Å². The van der Waals surface area contributed by atoms with Gasteiger partial charge in [-0.25, -0.2) is 0 Å². The molecule has 4 aromatic carbocycles. The Labute approximate surface area is 754 Å². The number of hydrogen-bond acceptors (Lipinski definition) is 15. The average Bonchev–Trinajstić information content (AvgIpc) is 1.62. The molecule has 20 atom stereocenters. The number of amides is 1. The van der Waals surface area contributed by atoms with E-state index in [1.165, 1.54) is 151 Å². The summed E-state index contributed by atoms with van der Waals surface area (Å²) in [6.45, 7) is 34.7. The van der Waals surface area contributed by atoms with E-state index < -0.39 is 0 Å². The highest BCUT2D eigenvalue weighted by molar-refractivity contribution is 5.78. The molecule has 16 nitrogen and oxygen atoms in total. The van der Waals surface area contributed by atoms with E-state index in [4.69, 9.17) is 14.6 Å². The maximum absolute atomic E-state index is 10.7. The number of carbonyl (C=O) groups excluding carboxylic acids is 1. The van der Waals surface area contributed by atoms with Gasteiger partial charge in [0, 0.05) is 143 Å². The fourth-order valence-electron chi connectivity index (χ4n) is 20.6. The minimum atomic E-state index is -0.0741. The molecule has 1 amide bonds. The minimum Gasteiger partial charge on any atom is -0.489 e. The smallest absolute Gasteiger partial charge is 0.222 e. The van der Waals surface area contributed by atoms with Gasteiger partial charge in [-0.2, -0.15) is 0 Å². The van der Waals surface area contributed by atoms with Crippen molar-refractivity contribution in [2.45, 2.75) is 289 Å². The Hall–Kier alpha value is -6.22. The second kappa shape index (κ2) is 50.7. The number of piperidine rings is 2. The van der Waals surface area contributed by atoms with Gasteiger partial charge in [0.25, 0.3) is 0 Å². The molecule has 11 aliphatic heterocycles. The number of nitrogens with one attached hydrogen (secondary N) is 1. The molecule has 0 radical (unpaired) electrons. The van der Waals surface area contributed by atoms with Gasteiger partial charge in [0.1, 0.15) is 11.9 Å². The summed E-state index contributed by atoms with van der Waals surface area (Å²) in [5.74, 6) is 6.16. The van der Waals surface area contributed by atoms with Crippen LogP contribution in [0.25, 0.3) is 10.9 Å². The van der Waals surface area contributed by atoms with Crippen molar-refractivity contribution in [2.24, 2.45) is 29.6 Å². The summed E-state index contributed by atoms with van der Waals surface area (Å²) >= 11 is 0. The van der Waals surface area contributed by atoms with Crippen LogP contribution in [0.2, 0.25) is 0 Å².